The van der Waals surface area contributed by atoms with Gasteiger partial charge in [0, 0.05) is 36.6 Å². The van der Waals surface area contributed by atoms with Gasteiger partial charge in [-0.25, -0.2) is 0 Å². The third-order valence-electron chi connectivity index (χ3n) is 6.05. The molecule has 1 unspecified atom stereocenters. The van der Waals surface area contributed by atoms with E-state index in [4.69, 9.17) is 16.3 Å². The molecule has 3 aliphatic rings. The Balaban J connectivity index is 1.39. The Labute approximate surface area is 165 Å². The summed E-state index contributed by atoms with van der Waals surface area (Å²) in [4.78, 5) is 29.5. The van der Waals surface area contributed by atoms with Crippen molar-refractivity contribution in [2.45, 2.75) is 51.2 Å². The number of halogens is 1. The monoisotopic (exact) mass is 390 g/mol. The zero-order valence-electron chi connectivity index (χ0n) is 15.8. The van der Waals surface area contributed by atoms with Crippen molar-refractivity contribution in [3.05, 3.63) is 29.3 Å². The Morgan fingerprint density at radius 2 is 2.00 bits per heavy atom. The number of carbonyl (C=O) groups excluding carboxylic acids is 2. The summed E-state index contributed by atoms with van der Waals surface area (Å²) in [7, 11) is 0. The smallest absolute Gasteiger partial charge is 0.263 e. The number of likely N-dealkylation sites (tertiary alicyclic amines) is 2. The molecule has 146 valence electrons. The van der Waals surface area contributed by atoms with Crippen molar-refractivity contribution >= 4 is 23.4 Å². The van der Waals surface area contributed by atoms with E-state index in [-0.39, 0.29) is 17.9 Å². The van der Waals surface area contributed by atoms with E-state index in [1.807, 2.05) is 21.9 Å². The highest BCUT2D eigenvalue weighted by Gasteiger charge is 2.42. The maximum Gasteiger partial charge on any atom is 0.263 e. The lowest BCUT2D eigenvalue weighted by Gasteiger charge is -2.47. The average Bonchev–Trinajstić information content (AvgIpc) is 3.51. The van der Waals surface area contributed by atoms with E-state index in [1.54, 1.807) is 19.1 Å². The molecule has 0 N–H and O–H groups in total. The van der Waals surface area contributed by atoms with Gasteiger partial charge in [-0.15, -0.1) is 0 Å². The van der Waals surface area contributed by atoms with Gasteiger partial charge in [0.25, 0.3) is 5.91 Å². The summed E-state index contributed by atoms with van der Waals surface area (Å²) in [6.07, 6.45) is 4.50. The fraction of sp³-hybridized carbons (Fsp3) is 0.619. The van der Waals surface area contributed by atoms with Gasteiger partial charge in [-0.2, -0.15) is 0 Å². The largest absolute Gasteiger partial charge is 0.481 e. The van der Waals surface area contributed by atoms with Crippen molar-refractivity contribution in [1.29, 1.82) is 0 Å². The predicted octanol–water partition coefficient (Wildman–Crippen LogP) is 3.36. The molecule has 0 radical (unpaired) electrons. The van der Waals surface area contributed by atoms with Crippen LogP contribution in [0, 0.1) is 11.8 Å². The minimum Gasteiger partial charge on any atom is -0.481 e. The molecule has 4 rings (SSSR count). The molecular weight excluding hydrogens is 364 g/mol. The van der Waals surface area contributed by atoms with Crippen LogP contribution >= 0.6 is 11.6 Å². The molecule has 1 aromatic rings. The quantitative estimate of drug-likeness (QED) is 0.792. The van der Waals surface area contributed by atoms with E-state index < -0.39 is 6.10 Å². The Morgan fingerprint density at radius 1 is 1.19 bits per heavy atom. The third-order valence-corrected chi connectivity index (χ3v) is 6.28. The van der Waals surface area contributed by atoms with Crippen molar-refractivity contribution in [1.82, 2.24) is 9.80 Å². The fourth-order valence-electron chi connectivity index (χ4n) is 4.49. The van der Waals surface area contributed by atoms with Gasteiger partial charge in [0.2, 0.25) is 5.91 Å². The SMILES string of the molecule is CC(Oc1cccc(Cl)c1)C(=O)N1CCC[C@@H]2CN(C(=O)C3CC3)CC[C@@H]21. The average molecular weight is 391 g/mol. The normalized spacial score (nSPS) is 26.3. The van der Waals surface area contributed by atoms with Gasteiger partial charge in [0.15, 0.2) is 6.10 Å². The summed E-state index contributed by atoms with van der Waals surface area (Å²) >= 11 is 6.01. The number of amides is 2. The Kier molecular flexibility index (Phi) is 5.31. The summed E-state index contributed by atoms with van der Waals surface area (Å²) in [6, 6.07) is 7.37. The standard InChI is InChI=1S/C21H27ClN2O3/c1-14(27-18-6-2-5-17(22)12-18)20(25)24-10-3-4-16-13-23(11-9-19(16)24)21(26)15-7-8-15/h2,5-6,12,14-16,19H,3-4,7-11,13H2,1H3/t14?,16-,19+/m1/s1. The second-order valence-electron chi connectivity index (χ2n) is 8.07. The molecule has 2 amide bonds. The maximum absolute atomic E-state index is 13.1. The molecule has 1 aliphatic carbocycles. The Bertz CT molecular complexity index is 721. The molecule has 0 aromatic heterocycles. The van der Waals surface area contributed by atoms with Gasteiger partial charge in [0.1, 0.15) is 5.75 Å². The topological polar surface area (TPSA) is 49.9 Å². The molecule has 1 saturated carbocycles. The van der Waals surface area contributed by atoms with Gasteiger partial charge < -0.3 is 14.5 Å². The van der Waals surface area contributed by atoms with E-state index in [0.717, 1.165) is 51.7 Å². The molecule has 3 atom stereocenters. The second-order valence-corrected chi connectivity index (χ2v) is 8.50. The molecule has 3 fully saturated rings. The lowest BCUT2D eigenvalue weighted by molar-refractivity contribution is -0.147. The van der Waals surface area contributed by atoms with Crippen LogP contribution in [0.15, 0.2) is 24.3 Å². The van der Waals surface area contributed by atoms with Crippen molar-refractivity contribution in [2.75, 3.05) is 19.6 Å². The number of hydrogen-bond acceptors (Lipinski definition) is 3. The molecule has 2 saturated heterocycles. The van der Waals surface area contributed by atoms with Gasteiger partial charge in [-0.1, -0.05) is 17.7 Å². The van der Waals surface area contributed by atoms with Crippen LogP contribution < -0.4 is 4.74 Å². The number of benzene rings is 1. The third kappa shape index (κ3) is 4.08. The first kappa shape index (κ1) is 18.6. The lowest BCUT2D eigenvalue weighted by atomic mass is 9.83. The number of hydrogen-bond donors (Lipinski definition) is 0. The van der Waals surface area contributed by atoms with Crippen molar-refractivity contribution in [3.8, 4) is 5.75 Å². The fourth-order valence-corrected chi connectivity index (χ4v) is 4.67. The van der Waals surface area contributed by atoms with Crippen LogP contribution in [0.25, 0.3) is 0 Å². The number of rotatable bonds is 4. The van der Waals surface area contributed by atoms with Crippen molar-refractivity contribution in [2.24, 2.45) is 11.8 Å². The second kappa shape index (κ2) is 7.70. The van der Waals surface area contributed by atoms with Crippen molar-refractivity contribution in [3.63, 3.8) is 0 Å². The minimum absolute atomic E-state index is 0.0339. The van der Waals surface area contributed by atoms with Crippen LogP contribution in [0.1, 0.15) is 39.0 Å². The number of carbonyl (C=O) groups is 2. The number of ether oxygens (including phenoxy) is 1. The number of fused-ring (bicyclic) bond motifs is 1. The summed E-state index contributed by atoms with van der Waals surface area (Å²) in [5.74, 6) is 1.63. The zero-order chi connectivity index (χ0) is 19.0. The van der Waals surface area contributed by atoms with Gasteiger partial charge in [-0.3, -0.25) is 9.59 Å². The van der Waals surface area contributed by atoms with Gasteiger partial charge >= 0.3 is 0 Å². The Morgan fingerprint density at radius 3 is 2.74 bits per heavy atom. The number of piperidine rings is 2. The number of nitrogens with zero attached hydrogens (tertiary/aromatic N) is 2. The predicted molar refractivity (Wildman–Crippen MR) is 104 cm³/mol. The van der Waals surface area contributed by atoms with E-state index in [1.165, 1.54) is 0 Å². The highest BCUT2D eigenvalue weighted by atomic mass is 35.5. The van der Waals surface area contributed by atoms with Crippen LogP contribution in [-0.4, -0.2) is 53.4 Å². The Hall–Kier alpha value is -1.75. The molecule has 6 heteroatoms. The molecular formula is C21H27ClN2O3. The van der Waals surface area contributed by atoms with Crippen LogP contribution in [0.5, 0.6) is 5.75 Å². The summed E-state index contributed by atoms with van der Waals surface area (Å²) in [5.41, 5.74) is 0. The first-order valence-corrected chi connectivity index (χ1v) is 10.4. The summed E-state index contributed by atoms with van der Waals surface area (Å²) in [6.45, 7) is 4.15. The molecule has 5 nitrogen and oxygen atoms in total. The zero-order valence-corrected chi connectivity index (χ0v) is 16.5. The van der Waals surface area contributed by atoms with E-state index in [2.05, 4.69) is 0 Å². The first-order valence-electron chi connectivity index (χ1n) is 10.0. The molecule has 27 heavy (non-hydrogen) atoms. The maximum atomic E-state index is 13.1. The van der Waals surface area contributed by atoms with Gasteiger partial charge in [0.05, 0.1) is 0 Å². The summed E-state index contributed by atoms with van der Waals surface area (Å²) < 4.78 is 5.85. The molecule has 1 aromatic carbocycles. The van der Waals surface area contributed by atoms with Crippen LogP contribution in [0.2, 0.25) is 5.02 Å². The van der Waals surface area contributed by atoms with Crippen LogP contribution in [0.4, 0.5) is 0 Å². The summed E-state index contributed by atoms with van der Waals surface area (Å²) in [5, 5.41) is 0.595. The molecule has 0 bridgehead atoms. The van der Waals surface area contributed by atoms with E-state index in [0.29, 0.717) is 22.6 Å². The molecule has 0 spiro atoms. The van der Waals surface area contributed by atoms with E-state index in [9.17, 15) is 9.59 Å². The van der Waals surface area contributed by atoms with Crippen LogP contribution in [-0.2, 0) is 9.59 Å². The van der Waals surface area contributed by atoms with Gasteiger partial charge in [-0.05, 0) is 63.1 Å². The first-order chi connectivity index (χ1) is 13.0. The molecule has 2 heterocycles. The highest BCUT2D eigenvalue weighted by Crippen LogP contribution is 2.36. The van der Waals surface area contributed by atoms with E-state index >= 15 is 0 Å². The highest BCUT2D eigenvalue weighted by molar-refractivity contribution is 6.30. The molecule has 2 aliphatic heterocycles. The van der Waals surface area contributed by atoms with Crippen molar-refractivity contribution < 1.29 is 14.3 Å². The van der Waals surface area contributed by atoms with Crippen LogP contribution in [0.3, 0.4) is 0 Å². The lowest BCUT2D eigenvalue weighted by Crippen LogP contribution is -2.58. The minimum atomic E-state index is -0.548.